The van der Waals surface area contributed by atoms with Crippen LogP contribution in [0.3, 0.4) is 0 Å². The van der Waals surface area contributed by atoms with Gasteiger partial charge >= 0.3 is 0 Å². The van der Waals surface area contributed by atoms with E-state index in [1.807, 2.05) is 25.1 Å². The van der Waals surface area contributed by atoms with Crippen molar-refractivity contribution >= 4 is 10.9 Å². The summed E-state index contributed by atoms with van der Waals surface area (Å²) in [6, 6.07) is 10.2. The number of para-hydroxylation sites is 1. The fraction of sp³-hybridized carbons (Fsp3) is 0.400. The van der Waals surface area contributed by atoms with Crippen LogP contribution in [-0.4, -0.2) is 28.8 Å². The van der Waals surface area contributed by atoms with Gasteiger partial charge in [0.15, 0.2) is 0 Å². The summed E-state index contributed by atoms with van der Waals surface area (Å²) in [5, 5.41) is 14.9. The Morgan fingerprint density at radius 3 is 3.00 bits per heavy atom. The van der Waals surface area contributed by atoms with Crippen LogP contribution in [0.5, 0.6) is 0 Å². The molecule has 1 atom stereocenters. The molecule has 1 aliphatic rings. The molecule has 0 aliphatic carbocycles. The van der Waals surface area contributed by atoms with Gasteiger partial charge < -0.3 is 10.4 Å². The number of nitrogens with zero attached hydrogens (tertiary/aromatic N) is 1. The van der Waals surface area contributed by atoms with Gasteiger partial charge in [-0.05, 0) is 37.6 Å². The summed E-state index contributed by atoms with van der Waals surface area (Å²) in [7, 11) is 0. The first-order valence-electron chi connectivity index (χ1n) is 6.45. The molecule has 18 heavy (non-hydrogen) atoms. The van der Waals surface area contributed by atoms with E-state index in [2.05, 4.69) is 22.4 Å². The predicted octanol–water partition coefficient (Wildman–Crippen LogP) is 1.81. The molecule has 1 aliphatic heterocycles. The summed E-state index contributed by atoms with van der Waals surface area (Å²) in [6.45, 7) is 3.59. The molecule has 2 aromatic rings. The first-order chi connectivity index (χ1) is 8.66. The second-order valence-electron chi connectivity index (χ2n) is 5.27. The fourth-order valence-electron chi connectivity index (χ4n) is 2.78. The first kappa shape index (κ1) is 11.6. The number of aryl methyl sites for hydroxylation is 1. The SMILES string of the molecule is Cc1cc(CC2(O)CCNC2)c2ccccc2n1. The summed E-state index contributed by atoms with van der Waals surface area (Å²) in [6.07, 6.45) is 1.52. The van der Waals surface area contributed by atoms with Crippen molar-refractivity contribution in [3.8, 4) is 0 Å². The van der Waals surface area contributed by atoms with E-state index in [1.165, 1.54) is 5.56 Å². The van der Waals surface area contributed by atoms with Crippen LogP contribution in [0.1, 0.15) is 17.7 Å². The van der Waals surface area contributed by atoms with Crippen molar-refractivity contribution in [3.05, 3.63) is 41.6 Å². The predicted molar refractivity (Wildman–Crippen MR) is 72.6 cm³/mol. The highest BCUT2D eigenvalue weighted by Crippen LogP contribution is 2.25. The molecule has 2 heterocycles. The summed E-state index contributed by atoms with van der Waals surface area (Å²) < 4.78 is 0. The monoisotopic (exact) mass is 242 g/mol. The third-order valence-corrected chi connectivity index (χ3v) is 3.67. The largest absolute Gasteiger partial charge is 0.388 e. The molecule has 1 aromatic carbocycles. The molecule has 1 aromatic heterocycles. The molecule has 3 rings (SSSR count). The minimum Gasteiger partial charge on any atom is -0.388 e. The van der Waals surface area contributed by atoms with Crippen LogP contribution in [0.25, 0.3) is 10.9 Å². The maximum absolute atomic E-state index is 10.5. The number of aliphatic hydroxyl groups is 1. The summed E-state index contributed by atoms with van der Waals surface area (Å²) in [5.74, 6) is 0. The molecule has 3 nitrogen and oxygen atoms in total. The van der Waals surface area contributed by atoms with Crippen molar-refractivity contribution in [2.24, 2.45) is 0 Å². The van der Waals surface area contributed by atoms with E-state index in [9.17, 15) is 5.11 Å². The molecule has 2 N–H and O–H groups in total. The van der Waals surface area contributed by atoms with E-state index in [4.69, 9.17) is 0 Å². The molecular formula is C15H18N2O. The minimum atomic E-state index is -0.601. The van der Waals surface area contributed by atoms with Crippen LogP contribution in [0.15, 0.2) is 30.3 Å². The number of benzene rings is 1. The highest BCUT2D eigenvalue weighted by atomic mass is 16.3. The Morgan fingerprint density at radius 1 is 1.39 bits per heavy atom. The standard InChI is InChI=1S/C15H18N2O/c1-11-8-12(9-15(18)6-7-16-10-15)13-4-2-3-5-14(13)17-11/h2-5,8,16,18H,6-7,9-10H2,1H3. The van der Waals surface area contributed by atoms with Crippen LogP contribution in [-0.2, 0) is 6.42 Å². The highest BCUT2D eigenvalue weighted by molar-refractivity contribution is 5.82. The van der Waals surface area contributed by atoms with Crippen molar-refractivity contribution in [2.45, 2.75) is 25.4 Å². The van der Waals surface area contributed by atoms with E-state index in [-0.39, 0.29) is 0 Å². The van der Waals surface area contributed by atoms with E-state index < -0.39 is 5.60 Å². The number of aromatic nitrogens is 1. The van der Waals surface area contributed by atoms with Gasteiger partial charge in [0.05, 0.1) is 11.1 Å². The Labute approximate surface area is 107 Å². The topological polar surface area (TPSA) is 45.1 Å². The Hall–Kier alpha value is -1.45. The molecule has 1 saturated heterocycles. The second kappa shape index (κ2) is 4.34. The number of β-amino-alcohol motifs (C(OH)–C–C–N with tert-alkyl or cyclic N) is 1. The van der Waals surface area contributed by atoms with Crippen LogP contribution in [0.2, 0.25) is 0 Å². The first-order valence-corrected chi connectivity index (χ1v) is 6.45. The lowest BCUT2D eigenvalue weighted by Crippen LogP contribution is -2.33. The lowest BCUT2D eigenvalue weighted by atomic mass is 9.91. The van der Waals surface area contributed by atoms with Gasteiger partial charge in [0.25, 0.3) is 0 Å². The molecule has 94 valence electrons. The van der Waals surface area contributed by atoms with Crippen LogP contribution >= 0.6 is 0 Å². The van der Waals surface area contributed by atoms with Crippen LogP contribution in [0.4, 0.5) is 0 Å². The average Bonchev–Trinajstić information content (AvgIpc) is 2.75. The van der Waals surface area contributed by atoms with Gasteiger partial charge in [-0.3, -0.25) is 4.98 Å². The van der Waals surface area contributed by atoms with Gasteiger partial charge in [-0.15, -0.1) is 0 Å². The lowest BCUT2D eigenvalue weighted by molar-refractivity contribution is 0.0622. The second-order valence-corrected chi connectivity index (χ2v) is 5.27. The Kier molecular flexibility index (Phi) is 2.80. The molecule has 0 saturated carbocycles. The van der Waals surface area contributed by atoms with E-state index in [1.54, 1.807) is 0 Å². The molecule has 0 spiro atoms. The number of hydrogen-bond acceptors (Lipinski definition) is 3. The maximum Gasteiger partial charge on any atom is 0.0823 e. The van der Waals surface area contributed by atoms with Gasteiger partial charge in [-0.1, -0.05) is 18.2 Å². The zero-order chi connectivity index (χ0) is 12.6. The van der Waals surface area contributed by atoms with Crippen molar-refractivity contribution in [1.82, 2.24) is 10.3 Å². The molecule has 3 heteroatoms. The summed E-state index contributed by atoms with van der Waals surface area (Å²) in [5.41, 5.74) is 2.63. The van der Waals surface area contributed by atoms with Gasteiger partial charge in [-0.25, -0.2) is 0 Å². The van der Waals surface area contributed by atoms with E-state index in [0.29, 0.717) is 13.0 Å². The van der Waals surface area contributed by atoms with Crippen molar-refractivity contribution in [2.75, 3.05) is 13.1 Å². The summed E-state index contributed by atoms with van der Waals surface area (Å²) in [4.78, 5) is 4.54. The number of nitrogens with one attached hydrogen (secondary N) is 1. The maximum atomic E-state index is 10.5. The van der Waals surface area contributed by atoms with Crippen molar-refractivity contribution in [1.29, 1.82) is 0 Å². The number of fused-ring (bicyclic) bond motifs is 1. The molecule has 1 unspecified atom stereocenters. The van der Waals surface area contributed by atoms with Gasteiger partial charge in [0.2, 0.25) is 0 Å². The number of hydrogen-bond donors (Lipinski definition) is 2. The van der Waals surface area contributed by atoms with Crippen molar-refractivity contribution < 1.29 is 5.11 Å². The number of rotatable bonds is 2. The lowest BCUT2D eigenvalue weighted by Gasteiger charge is -2.22. The fourth-order valence-corrected chi connectivity index (χ4v) is 2.78. The molecular weight excluding hydrogens is 224 g/mol. The highest BCUT2D eigenvalue weighted by Gasteiger charge is 2.31. The van der Waals surface area contributed by atoms with E-state index >= 15 is 0 Å². The zero-order valence-corrected chi connectivity index (χ0v) is 10.6. The third kappa shape index (κ3) is 2.11. The smallest absolute Gasteiger partial charge is 0.0823 e. The number of pyridine rings is 1. The van der Waals surface area contributed by atoms with Gasteiger partial charge in [-0.2, -0.15) is 0 Å². The van der Waals surface area contributed by atoms with Gasteiger partial charge in [0, 0.05) is 24.0 Å². The molecule has 0 bridgehead atoms. The Bertz CT molecular complexity index is 574. The Balaban J connectivity index is 2.05. The summed E-state index contributed by atoms with van der Waals surface area (Å²) >= 11 is 0. The Morgan fingerprint density at radius 2 is 2.22 bits per heavy atom. The molecule has 0 amide bonds. The molecule has 0 radical (unpaired) electrons. The van der Waals surface area contributed by atoms with E-state index in [0.717, 1.165) is 29.6 Å². The quantitative estimate of drug-likeness (QED) is 0.844. The third-order valence-electron chi connectivity index (χ3n) is 3.67. The van der Waals surface area contributed by atoms with Crippen LogP contribution in [0, 0.1) is 6.92 Å². The van der Waals surface area contributed by atoms with Crippen LogP contribution < -0.4 is 5.32 Å². The minimum absolute atomic E-state index is 0.601. The zero-order valence-electron chi connectivity index (χ0n) is 10.6. The normalized spacial score (nSPS) is 23.7. The van der Waals surface area contributed by atoms with Gasteiger partial charge in [0.1, 0.15) is 0 Å². The molecule has 1 fully saturated rings. The average molecular weight is 242 g/mol. The van der Waals surface area contributed by atoms with Crippen molar-refractivity contribution in [3.63, 3.8) is 0 Å².